The van der Waals surface area contributed by atoms with E-state index in [0.717, 1.165) is 39.6 Å². The van der Waals surface area contributed by atoms with Gasteiger partial charge >= 0.3 is 0 Å². The second kappa shape index (κ2) is 6.11. The first-order valence-corrected chi connectivity index (χ1v) is 7.58. The van der Waals surface area contributed by atoms with Crippen LogP contribution in [0.5, 0.6) is 5.75 Å². The van der Waals surface area contributed by atoms with Gasteiger partial charge in [-0.2, -0.15) is 8.75 Å². The number of carbonyl (C=O) groups is 1. The number of carbonyl (C=O) groups excluding carboxylic acids is 1. The Balaban J connectivity index is 1.65. The number of rotatable bonds is 4. The number of benzene rings is 2. The number of aromatic nitrogens is 2. The van der Waals surface area contributed by atoms with Crippen molar-refractivity contribution in [1.82, 2.24) is 8.75 Å². The number of amides is 1. The summed E-state index contributed by atoms with van der Waals surface area (Å²) >= 11 is 1.15. The van der Waals surface area contributed by atoms with Gasteiger partial charge < -0.3 is 10.1 Å². The standard InChI is InChI=1S/C16H15N3O2S/c1-10-4-3-5-11(2)16(10)21-9-15(20)17-12-6-7-13-14(8-12)19-22-18-13/h3-8H,9H2,1-2H3,(H,17,20). The number of anilines is 1. The molecule has 5 nitrogen and oxygen atoms in total. The van der Waals surface area contributed by atoms with Gasteiger partial charge in [0.1, 0.15) is 16.8 Å². The van der Waals surface area contributed by atoms with Gasteiger partial charge in [0.25, 0.3) is 5.91 Å². The number of para-hydroxylation sites is 1. The van der Waals surface area contributed by atoms with Crippen molar-refractivity contribution < 1.29 is 9.53 Å². The van der Waals surface area contributed by atoms with Gasteiger partial charge in [-0.05, 0) is 43.2 Å². The van der Waals surface area contributed by atoms with Crippen molar-refractivity contribution in [3.05, 3.63) is 47.5 Å². The number of hydrogen-bond donors (Lipinski definition) is 1. The molecule has 0 radical (unpaired) electrons. The van der Waals surface area contributed by atoms with E-state index in [0.29, 0.717) is 5.69 Å². The minimum Gasteiger partial charge on any atom is -0.483 e. The first-order chi connectivity index (χ1) is 10.6. The first kappa shape index (κ1) is 14.5. The molecule has 3 aromatic rings. The monoisotopic (exact) mass is 313 g/mol. The number of aryl methyl sites for hydroxylation is 2. The van der Waals surface area contributed by atoms with Crippen molar-refractivity contribution >= 4 is 34.4 Å². The number of nitrogens with one attached hydrogen (secondary N) is 1. The van der Waals surface area contributed by atoms with Crippen LogP contribution < -0.4 is 10.1 Å². The van der Waals surface area contributed by atoms with Gasteiger partial charge in [0.05, 0.1) is 11.7 Å². The van der Waals surface area contributed by atoms with Crippen molar-refractivity contribution in [1.29, 1.82) is 0 Å². The Kier molecular flexibility index (Phi) is 4.02. The van der Waals surface area contributed by atoms with E-state index in [2.05, 4.69) is 14.1 Å². The van der Waals surface area contributed by atoms with Crippen molar-refractivity contribution in [2.75, 3.05) is 11.9 Å². The van der Waals surface area contributed by atoms with Crippen LogP contribution in [0.3, 0.4) is 0 Å². The minimum absolute atomic E-state index is 0.0287. The van der Waals surface area contributed by atoms with Crippen LogP contribution in [0, 0.1) is 13.8 Å². The third-order valence-corrected chi connectivity index (χ3v) is 3.85. The summed E-state index contributed by atoms with van der Waals surface area (Å²) in [6.07, 6.45) is 0. The van der Waals surface area contributed by atoms with Crippen LogP contribution in [0.15, 0.2) is 36.4 Å². The van der Waals surface area contributed by atoms with Crippen molar-refractivity contribution in [2.24, 2.45) is 0 Å². The summed E-state index contributed by atoms with van der Waals surface area (Å²) in [5, 5.41) is 2.81. The van der Waals surface area contributed by atoms with Gasteiger partial charge in [0.15, 0.2) is 6.61 Å². The molecule has 0 atom stereocenters. The van der Waals surface area contributed by atoms with Crippen molar-refractivity contribution in [3.8, 4) is 5.75 Å². The molecule has 0 bridgehead atoms. The van der Waals surface area contributed by atoms with Gasteiger partial charge in [0.2, 0.25) is 0 Å². The lowest BCUT2D eigenvalue weighted by molar-refractivity contribution is -0.118. The minimum atomic E-state index is -0.204. The van der Waals surface area contributed by atoms with Gasteiger partial charge in [0, 0.05) is 5.69 Å². The number of ether oxygens (including phenoxy) is 1. The van der Waals surface area contributed by atoms with Crippen LogP contribution in [0.25, 0.3) is 11.0 Å². The van der Waals surface area contributed by atoms with E-state index >= 15 is 0 Å². The normalized spacial score (nSPS) is 10.6. The number of nitrogens with zero attached hydrogens (tertiary/aromatic N) is 2. The molecule has 0 aliphatic heterocycles. The lowest BCUT2D eigenvalue weighted by Gasteiger charge is -2.12. The molecule has 0 aliphatic carbocycles. The van der Waals surface area contributed by atoms with E-state index in [1.807, 2.05) is 38.1 Å². The maximum absolute atomic E-state index is 12.0. The Hall–Kier alpha value is -2.47. The molecule has 0 unspecified atom stereocenters. The second-order valence-electron chi connectivity index (χ2n) is 5.03. The molecule has 0 aliphatic rings. The third kappa shape index (κ3) is 3.07. The maximum atomic E-state index is 12.0. The zero-order valence-electron chi connectivity index (χ0n) is 12.3. The van der Waals surface area contributed by atoms with E-state index in [9.17, 15) is 4.79 Å². The summed E-state index contributed by atoms with van der Waals surface area (Å²) in [5.41, 5.74) is 4.33. The molecule has 0 spiro atoms. The third-order valence-electron chi connectivity index (χ3n) is 3.29. The summed E-state index contributed by atoms with van der Waals surface area (Å²) in [6.45, 7) is 3.89. The van der Waals surface area contributed by atoms with Crippen LogP contribution in [-0.2, 0) is 4.79 Å². The average molecular weight is 313 g/mol. The molecular formula is C16H15N3O2S. The highest BCUT2D eigenvalue weighted by atomic mass is 32.1. The second-order valence-corrected chi connectivity index (χ2v) is 5.55. The van der Waals surface area contributed by atoms with Crippen LogP contribution in [0.2, 0.25) is 0 Å². The van der Waals surface area contributed by atoms with Crippen LogP contribution >= 0.6 is 11.7 Å². The molecular weight excluding hydrogens is 298 g/mol. The molecule has 3 rings (SSSR count). The Morgan fingerprint density at radius 1 is 1.14 bits per heavy atom. The molecule has 1 heterocycles. The summed E-state index contributed by atoms with van der Waals surface area (Å²) in [4.78, 5) is 12.0. The zero-order chi connectivity index (χ0) is 15.5. The lowest BCUT2D eigenvalue weighted by atomic mass is 10.1. The van der Waals surface area contributed by atoms with Gasteiger partial charge in [-0.1, -0.05) is 18.2 Å². The van der Waals surface area contributed by atoms with Gasteiger partial charge in [-0.3, -0.25) is 4.79 Å². The molecule has 1 amide bonds. The Morgan fingerprint density at radius 2 is 1.86 bits per heavy atom. The van der Waals surface area contributed by atoms with Crippen molar-refractivity contribution in [2.45, 2.75) is 13.8 Å². The number of fused-ring (bicyclic) bond motifs is 1. The highest BCUT2D eigenvalue weighted by molar-refractivity contribution is 7.00. The predicted octanol–water partition coefficient (Wildman–Crippen LogP) is 3.33. The predicted molar refractivity (Wildman–Crippen MR) is 87.5 cm³/mol. The maximum Gasteiger partial charge on any atom is 0.262 e. The highest BCUT2D eigenvalue weighted by Gasteiger charge is 2.08. The van der Waals surface area contributed by atoms with Gasteiger partial charge in [-0.25, -0.2) is 0 Å². The fraction of sp³-hybridized carbons (Fsp3) is 0.188. The summed E-state index contributed by atoms with van der Waals surface area (Å²) < 4.78 is 13.9. The lowest BCUT2D eigenvalue weighted by Crippen LogP contribution is -2.20. The van der Waals surface area contributed by atoms with Crippen LogP contribution in [0.4, 0.5) is 5.69 Å². The molecule has 0 fully saturated rings. The average Bonchev–Trinajstić information content (AvgIpc) is 2.94. The smallest absolute Gasteiger partial charge is 0.262 e. The van der Waals surface area contributed by atoms with E-state index in [-0.39, 0.29) is 12.5 Å². The molecule has 0 saturated carbocycles. The number of hydrogen-bond acceptors (Lipinski definition) is 5. The Bertz CT molecular complexity index is 809. The molecule has 1 N–H and O–H groups in total. The molecule has 2 aromatic carbocycles. The largest absolute Gasteiger partial charge is 0.483 e. The zero-order valence-corrected chi connectivity index (χ0v) is 13.1. The Labute approximate surface area is 132 Å². The van der Waals surface area contributed by atoms with E-state index in [1.165, 1.54) is 0 Å². The van der Waals surface area contributed by atoms with E-state index < -0.39 is 0 Å². The first-order valence-electron chi connectivity index (χ1n) is 6.84. The van der Waals surface area contributed by atoms with Crippen LogP contribution in [0.1, 0.15) is 11.1 Å². The van der Waals surface area contributed by atoms with Crippen molar-refractivity contribution in [3.63, 3.8) is 0 Å². The summed E-state index contributed by atoms with van der Waals surface area (Å²) in [5.74, 6) is 0.557. The summed E-state index contributed by atoms with van der Waals surface area (Å²) in [6, 6.07) is 11.3. The highest BCUT2D eigenvalue weighted by Crippen LogP contribution is 2.22. The molecule has 0 saturated heterocycles. The Morgan fingerprint density at radius 3 is 2.64 bits per heavy atom. The van der Waals surface area contributed by atoms with Gasteiger partial charge in [-0.15, -0.1) is 0 Å². The molecule has 1 aromatic heterocycles. The fourth-order valence-electron chi connectivity index (χ4n) is 2.22. The quantitative estimate of drug-likeness (QED) is 0.802. The molecule has 6 heteroatoms. The SMILES string of the molecule is Cc1cccc(C)c1OCC(=O)Nc1ccc2nsnc2c1. The molecule has 22 heavy (non-hydrogen) atoms. The van der Waals surface area contributed by atoms with E-state index in [4.69, 9.17) is 4.74 Å². The summed E-state index contributed by atoms with van der Waals surface area (Å²) in [7, 11) is 0. The topological polar surface area (TPSA) is 64.1 Å². The molecule has 112 valence electrons. The van der Waals surface area contributed by atoms with Crippen LogP contribution in [-0.4, -0.2) is 21.3 Å². The van der Waals surface area contributed by atoms with E-state index in [1.54, 1.807) is 12.1 Å². The fourth-order valence-corrected chi connectivity index (χ4v) is 2.74.